The van der Waals surface area contributed by atoms with Gasteiger partial charge in [0.1, 0.15) is 23.9 Å². The number of amides is 1. The van der Waals surface area contributed by atoms with Crippen molar-refractivity contribution in [1.29, 1.82) is 0 Å². The molecule has 4 aromatic rings. The van der Waals surface area contributed by atoms with Gasteiger partial charge in [-0.05, 0) is 76.9 Å². The number of carbonyl (C=O) groups excluding carboxylic acids is 1. The first-order valence-electron chi connectivity index (χ1n) is 10.3. The second-order valence-corrected chi connectivity index (χ2v) is 8.85. The van der Waals surface area contributed by atoms with E-state index in [-0.39, 0.29) is 12.4 Å². The summed E-state index contributed by atoms with van der Waals surface area (Å²) in [6, 6.07) is 15.9. The molecule has 0 fully saturated rings. The molecule has 4 rings (SSSR count). The van der Waals surface area contributed by atoms with Crippen molar-refractivity contribution in [3.63, 3.8) is 0 Å². The Labute approximate surface area is 214 Å². The number of furan rings is 1. The number of nitrogens with one attached hydrogen (secondary N) is 1. The number of hydrogen-bond donors (Lipinski definition) is 1. The van der Waals surface area contributed by atoms with Gasteiger partial charge >= 0.3 is 0 Å². The maximum absolute atomic E-state index is 12.6. The molecule has 0 saturated carbocycles. The summed E-state index contributed by atoms with van der Waals surface area (Å²) < 4.78 is 19.1. The van der Waals surface area contributed by atoms with Gasteiger partial charge in [0.2, 0.25) is 0 Å². The maximum atomic E-state index is 12.6. The normalized spacial score (nSPS) is 10.8. The molecule has 1 N–H and O–H groups in total. The van der Waals surface area contributed by atoms with Crippen LogP contribution < -0.4 is 14.8 Å². The number of ether oxygens (including phenoxy) is 2. The Kier molecular flexibility index (Phi) is 7.82. The van der Waals surface area contributed by atoms with E-state index in [2.05, 4.69) is 26.3 Å². The molecule has 0 aliphatic rings. The molecular weight excluding hydrogens is 545 g/mol. The molecule has 0 aliphatic carbocycles. The van der Waals surface area contributed by atoms with Crippen LogP contribution in [-0.2, 0) is 13.2 Å². The Bertz CT molecular complexity index is 1290. The summed E-state index contributed by atoms with van der Waals surface area (Å²) in [6.45, 7) is 3.17. The summed E-state index contributed by atoms with van der Waals surface area (Å²) >= 11 is 15.5. The van der Waals surface area contributed by atoms with Crippen LogP contribution in [-0.4, -0.2) is 22.3 Å². The van der Waals surface area contributed by atoms with Gasteiger partial charge in [0.05, 0.1) is 27.7 Å². The second-order valence-electron chi connectivity index (χ2n) is 7.18. The third-order valence-corrected chi connectivity index (χ3v) is 6.00. The highest BCUT2D eigenvalue weighted by molar-refractivity contribution is 9.10. The first kappa shape index (κ1) is 24.2. The molecule has 10 heteroatoms. The third kappa shape index (κ3) is 6.14. The van der Waals surface area contributed by atoms with Crippen LogP contribution in [0.3, 0.4) is 0 Å². The van der Waals surface area contributed by atoms with E-state index in [0.29, 0.717) is 45.0 Å². The quantitative estimate of drug-likeness (QED) is 0.241. The van der Waals surface area contributed by atoms with Gasteiger partial charge in [0, 0.05) is 6.20 Å². The summed E-state index contributed by atoms with van der Waals surface area (Å²) in [5, 5.41) is 8.12. The molecule has 2 aromatic heterocycles. The highest BCUT2D eigenvalue weighted by Crippen LogP contribution is 2.25. The molecule has 0 aliphatic heterocycles. The Hall–Kier alpha value is -2.94. The van der Waals surface area contributed by atoms with Gasteiger partial charge in [0.25, 0.3) is 5.91 Å². The minimum atomic E-state index is -0.423. The van der Waals surface area contributed by atoms with E-state index < -0.39 is 5.91 Å². The molecule has 0 radical (unpaired) electrons. The third-order valence-electron chi connectivity index (χ3n) is 4.68. The number of rotatable bonds is 9. The Morgan fingerprint density at radius 3 is 2.50 bits per heavy atom. The van der Waals surface area contributed by atoms with Crippen molar-refractivity contribution in [2.24, 2.45) is 0 Å². The fourth-order valence-electron chi connectivity index (χ4n) is 3.09. The Morgan fingerprint density at radius 2 is 1.79 bits per heavy atom. The first-order valence-corrected chi connectivity index (χ1v) is 11.9. The van der Waals surface area contributed by atoms with Crippen molar-refractivity contribution in [2.45, 2.75) is 20.1 Å². The number of hydrogen-bond acceptors (Lipinski definition) is 5. The van der Waals surface area contributed by atoms with E-state index >= 15 is 0 Å². The zero-order valence-corrected chi connectivity index (χ0v) is 21.2. The first-order chi connectivity index (χ1) is 16.4. The monoisotopic (exact) mass is 563 g/mol. The van der Waals surface area contributed by atoms with Gasteiger partial charge in [0.15, 0.2) is 11.6 Å². The lowest BCUT2D eigenvalue weighted by molar-refractivity contribution is 0.0992. The zero-order valence-electron chi connectivity index (χ0n) is 18.1. The van der Waals surface area contributed by atoms with E-state index in [1.54, 1.807) is 35.1 Å². The van der Waals surface area contributed by atoms with Crippen LogP contribution in [0.25, 0.3) is 0 Å². The zero-order chi connectivity index (χ0) is 24.1. The molecule has 2 aromatic carbocycles. The number of benzene rings is 2. The molecule has 34 heavy (non-hydrogen) atoms. The minimum absolute atomic E-state index is 0.149. The van der Waals surface area contributed by atoms with E-state index in [4.69, 9.17) is 37.1 Å². The molecule has 0 bridgehead atoms. The topological polar surface area (TPSA) is 78.5 Å². The maximum Gasteiger partial charge on any atom is 0.292 e. The van der Waals surface area contributed by atoms with Crippen molar-refractivity contribution in [3.05, 3.63) is 92.4 Å². The smallest absolute Gasteiger partial charge is 0.292 e. The Balaban J connectivity index is 1.34. The van der Waals surface area contributed by atoms with Gasteiger partial charge in [-0.1, -0.05) is 29.3 Å². The number of aromatic nitrogens is 2. The van der Waals surface area contributed by atoms with E-state index in [1.807, 2.05) is 37.3 Å². The van der Waals surface area contributed by atoms with Crippen molar-refractivity contribution in [2.75, 3.05) is 11.9 Å². The van der Waals surface area contributed by atoms with Crippen molar-refractivity contribution in [1.82, 2.24) is 9.78 Å². The van der Waals surface area contributed by atoms with Gasteiger partial charge in [-0.2, -0.15) is 5.10 Å². The van der Waals surface area contributed by atoms with Crippen LogP contribution in [0.1, 0.15) is 28.8 Å². The average molecular weight is 565 g/mol. The van der Waals surface area contributed by atoms with Crippen LogP contribution in [0.4, 0.5) is 5.82 Å². The largest absolute Gasteiger partial charge is 0.494 e. The molecule has 1 amide bonds. The number of nitrogens with zero attached hydrogens (tertiary/aromatic N) is 2. The number of halogens is 3. The lowest BCUT2D eigenvalue weighted by Gasteiger charge is -2.06. The van der Waals surface area contributed by atoms with Gasteiger partial charge in [-0.15, -0.1) is 0 Å². The summed E-state index contributed by atoms with van der Waals surface area (Å²) in [4.78, 5) is 12.6. The molecular formula is C24H20BrCl2N3O4. The van der Waals surface area contributed by atoms with Crippen LogP contribution in [0.5, 0.6) is 11.5 Å². The van der Waals surface area contributed by atoms with Gasteiger partial charge < -0.3 is 19.2 Å². The summed E-state index contributed by atoms with van der Waals surface area (Å²) in [6.07, 6.45) is 1.76. The van der Waals surface area contributed by atoms with E-state index in [9.17, 15) is 4.79 Å². The lowest BCUT2D eigenvalue weighted by Crippen LogP contribution is -2.12. The molecule has 176 valence electrons. The lowest BCUT2D eigenvalue weighted by atomic mass is 10.2. The van der Waals surface area contributed by atoms with Gasteiger partial charge in [-0.3, -0.25) is 9.48 Å². The predicted octanol–water partition coefficient (Wildman–Crippen LogP) is 6.82. The fourth-order valence-corrected chi connectivity index (χ4v) is 3.82. The highest BCUT2D eigenvalue weighted by Gasteiger charge is 2.16. The molecule has 0 unspecified atom stereocenters. The molecule has 7 nitrogen and oxygen atoms in total. The number of anilines is 1. The SMILES string of the molecule is CCOc1ccc(OCc2ccc(C(=O)Nc3nn(Cc4ccc(Cl)c(Cl)c4)cc3Br)o2)cc1. The standard InChI is InChI=1S/C24H20BrCl2N3O4/c1-2-32-16-4-6-17(7-5-16)33-14-18-8-10-22(34-18)24(31)28-23-19(25)13-30(29-23)12-15-3-9-20(26)21(27)11-15/h3-11,13H,2,12,14H2,1H3,(H,28,29,31). The summed E-state index contributed by atoms with van der Waals surface area (Å²) in [7, 11) is 0. The fraction of sp³-hybridized carbons (Fsp3) is 0.167. The van der Waals surface area contributed by atoms with Crippen LogP contribution in [0, 0.1) is 0 Å². The van der Waals surface area contributed by atoms with E-state index in [0.717, 1.165) is 11.3 Å². The molecule has 0 spiro atoms. The number of carbonyl (C=O) groups is 1. The van der Waals surface area contributed by atoms with Crippen LogP contribution >= 0.6 is 39.1 Å². The Morgan fingerprint density at radius 1 is 1.06 bits per heavy atom. The highest BCUT2D eigenvalue weighted by atomic mass is 79.9. The van der Waals surface area contributed by atoms with Gasteiger partial charge in [-0.25, -0.2) is 0 Å². The van der Waals surface area contributed by atoms with Crippen molar-refractivity contribution in [3.8, 4) is 11.5 Å². The average Bonchev–Trinajstić information content (AvgIpc) is 3.43. The van der Waals surface area contributed by atoms with Crippen LogP contribution in [0.15, 0.2) is 69.7 Å². The molecule has 0 atom stereocenters. The second kappa shape index (κ2) is 11.0. The van der Waals surface area contributed by atoms with Crippen LogP contribution in [0.2, 0.25) is 10.0 Å². The summed E-state index contributed by atoms with van der Waals surface area (Å²) in [5.41, 5.74) is 0.922. The van der Waals surface area contributed by atoms with Crippen molar-refractivity contribution >= 4 is 50.9 Å². The molecule has 2 heterocycles. The molecule has 0 saturated heterocycles. The summed E-state index contributed by atoms with van der Waals surface area (Å²) in [5.74, 6) is 2.06. The van der Waals surface area contributed by atoms with Crippen molar-refractivity contribution < 1.29 is 18.7 Å². The minimum Gasteiger partial charge on any atom is -0.494 e. The predicted molar refractivity (Wildman–Crippen MR) is 134 cm³/mol. The van der Waals surface area contributed by atoms with E-state index in [1.165, 1.54) is 0 Å².